The Hall–Kier alpha value is -1.36. The number of hydrogen-bond acceptors (Lipinski definition) is 4. The number of rotatable bonds is 4. The summed E-state index contributed by atoms with van der Waals surface area (Å²) in [7, 11) is 0. The van der Waals surface area contributed by atoms with Gasteiger partial charge in [0.25, 0.3) is 0 Å². The number of amides is 1. The Morgan fingerprint density at radius 3 is 2.86 bits per heavy atom. The van der Waals surface area contributed by atoms with Crippen LogP contribution in [0.4, 0.5) is 0 Å². The highest BCUT2D eigenvalue weighted by molar-refractivity contribution is 7.99. The third-order valence-corrected chi connectivity index (χ3v) is 6.76. The summed E-state index contributed by atoms with van der Waals surface area (Å²) in [5.41, 5.74) is 4.34. The van der Waals surface area contributed by atoms with Crippen molar-refractivity contribution >= 4 is 23.4 Å². The highest BCUT2D eigenvalue weighted by atomic mass is 32.2. The van der Waals surface area contributed by atoms with E-state index in [0.29, 0.717) is 17.1 Å². The molecule has 1 heterocycles. The first-order chi connectivity index (χ1) is 10.4. The second-order valence-electron chi connectivity index (χ2n) is 7.04. The molecule has 0 spiro atoms. The minimum absolute atomic E-state index is 0.0627. The average molecular weight is 317 g/mol. The zero-order valence-electron chi connectivity index (χ0n) is 13.4. The Kier molecular flexibility index (Phi) is 4.02. The van der Waals surface area contributed by atoms with Gasteiger partial charge in [0.05, 0.1) is 10.8 Å². The van der Waals surface area contributed by atoms with Crippen molar-refractivity contribution in [3.8, 4) is 0 Å². The van der Waals surface area contributed by atoms with Gasteiger partial charge in [-0.25, -0.2) is 10.4 Å². The van der Waals surface area contributed by atoms with Crippen LogP contribution in [0.2, 0.25) is 0 Å². The number of aromatic nitrogens is 1. The van der Waals surface area contributed by atoms with Crippen molar-refractivity contribution < 1.29 is 4.79 Å². The largest absolute Gasteiger partial charge is 0.272 e. The van der Waals surface area contributed by atoms with E-state index in [4.69, 9.17) is 0 Å². The summed E-state index contributed by atoms with van der Waals surface area (Å²) in [5, 5.41) is 5.33. The summed E-state index contributed by atoms with van der Waals surface area (Å²) in [6, 6.07) is 5.70. The summed E-state index contributed by atoms with van der Waals surface area (Å²) < 4.78 is 0. The van der Waals surface area contributed by atoms with Gasteiger partial charge in [-0.3, -0.25) is 4.79 Å². The summed E-state index contributed by atoms with van der Waals surface area (Å²) in [4.78, 5) is 16.2. The van der Waals surface area contributed by atoms with E-state index in [9.17, 15) is 4.79 Å². The number of carbonyl (C=O) groups is 1. The van der Waals surface area contributed by atoms with E-state index in [2.05, 4.69) is 36.3 Å². The number of thioether (sulfide) groups is 1. The molecule has 2 aliphatic carbocycles. The van der Waals surface area contributed by atoms with Crippen molar-refractivity contribution in [3.05, 3.63) is 24.4 Å². The molecule has 1 aromatic rings. The van der Waals surface area contributed by atoms with E-state index in [0.717, 1.165) is 11.4 Å². The van der Waals surface area contributed by atoms with Crippen molar-refractivity contribution in [2.24, 2.45) is 21.8 Å². The number of nitrogens with zero attached hydrogens (tertiary/aromatic N) is 2. The molecule has 2 aliphatic rings. The van der Waals surface area contributed by atoms with Gasteiger partial charge in [-0.2, -0.15) is 5.10 Å². The molecular formula is C17H23N3OS. The number of carbonyl (C=O) groups excluding carboxylic acids is 1. The van der Waals surface area contributed by atoms with Crippen molar-refractivity contribution in [2.45, 2.75) is 45.1 Å². The van der Waals surface area contributed by atoms with E-state index in [1.807, 2.05) is 18.2 Å². The fourth-order valence-corrected chi connectivity index (χ4v) is 4.49. The first-order valence-corrected chi connectivity index (χ1v) is 8.82. The maximum atomic E-state index is 12.0. The van der Waals surface area contributed by atoms with E-state index >= 15 is 0 Å². The quantitative estimate of drug-likeness (QED) is 0.683. The number of fused-ring (bicyclic) bond motifs is 2. The molecule has 1 aromatic heterocycles. The van der Waals surface area contributed by atoms with Gasteiger partial charge >= 0.3 is 0 Å². The van der Waals surface area contributed by atoms with Crippen molar-refractivity contribution in [1.82, 2.24) is 10.4 Å². The molecule has 5 heteroatoms. The maximum absolute atomic E-state index is 12.0. The molecular weight excluding hydrogens is 294 g/mol. The minimum atomic E-state index is -0.0627. The number of pyridine rings is 1. The molecule has 0 unspecified atom stereocenters. The smallest absolute Gasteiger partial charge is 0.250 e. The zero-order chi connectivity index (χ0) is 15.8. The van der Waals surface area contributed by atoms with Gasteiger partial charge in [-0.1, -0.05) is 38.6 Å². The monoisotopic (exact) mass is 317 g/mol. The Morgan fingerprint density at radius 2 is 2.27 bits per heavy atom. The average Bonchev–Trinajstić information content (AvgIpc) is 2.85. The van der Waals surface area contributed by atoms with Crippen LogP contribution in [0.1, 0.15) is 40.0 Å². The topological polar surface area (TPSA) is 54.4 Å². The van der Waals surface area contributed by atoms with Gasteiger partial charge in [0, 0.05) is 17.3 Å². The molecule has 0 saturated heterocycles. The fourth-order valence-electron chi connectivity index (χ4n) is 3.83. The fraction of sp³-hybridized carbons (Fsp3) is 0.588. The van der Waals surface area contributed by atoms with Crippen molar-refractivity contribution in [1.29, 1.82) is 0 Å². The molecule has 2 fully saturated rings. The van der Waals surface area contributed by atoms with Gasteiger partial charge in [-0.15, -0.1) is 0 Å². The van der Waals surface area contributed by atoms with E-state index in [1.54, 1.807) is 6.20 Å². The minimum Gasteiger partial charge on any atom is -0.272 e. The number of hydrogen-bond donors (Lipinski definition) is 1. The van der Waals surface area contributed by atoms with Gasteiger partial charge in [0.15, 0.2) is 0 Å². The summed E-state index contributed by atoms with van der Waals surface area (Å²) in [5.74, 6) is 0.987. The van der Waals surface area contributed by atoms with Crippen molar-refractivity contribution in [3.63, 3.8) is 0 Å². The van der Waals surface area contributed by atoms with E-state index < -0.39 is 0 Å². The van der Waals surface area contributed by atoms with Crippen LogP contribution in [-0.2, 0) is 4.79 Å². The number of nitrogens with one attached hydrogen (secondary N) is 1. The van der Waals surface area contributed by atoms with Crippen LogP contribution in [-0.4, -0.2) is 22.4 Å². The molecule has 0 aliphatic heterocycles. The first-order valence-electron chi connectivity index (χ1n) is 7.83. The normalized spacial score (nSPS) is 30.7. The van der Waals surface area contributed by atoms with Crippen LogP contribution in [0.3, 0.4) is 0 Å². The summed E-state index contributed by atoms with van der Waals surface area (Å²) in [6.45, 7) is 6.98. The van der Waals surface area contributed by atoms with Crippen LogP contribution in [0.25, 0.3) is 0 Å². The molecule has 2 atom stereocenters. The predicted octanol–water partition coefficient (Wildman–Crippen LogP) is 3.49. The van der Waals surface area contributed by atoms with Crippen molar-refractivity contribution in [2.75, 3.05) is 5.75 Å². The molecule has 0 radical (unpaired) electrons. The Balaban J connectivity index is 1.57. The van der Waals surface area contributed by atoms with Crippen LogP contribution >= 0.6 is 11.8 Å². The lowest BCUT2D eigenvalue weighted by Gasteiger charge is -2.34. The van der Waals surface area contributed by atoms with Gasteiger partial charge in [-0.05, 0) is 42.7 Å². The standard InChI is InChI=1S/C17H23N3OS/c1-16(2)12-7-8-17(16,3)13(10-12)19-20-14(21)11-22-15-6-4-5-9-18-15/h4-6,9,12H,7-8,10-11H2,1-3H3,(H,20,21)/b19-13+/t12-,17+/m1/s1. The van der Waals surface area contributed by atoms with Gasteiger partial charge in [0.1, 0.15) is 0 Å². The number of hydrazone groups is 1. The lowest BCUT2D eigenvalue weighted by atomic mass is 9.70. The molecule has 4 nitrogen and oxygen atoms in total. The van der Waals surface area contributed by atoms with Crippen LogP contribution < -0.4 is 5.43 Å². The molecule has 1 amide bonds. The second-order valence-corrected chi connectivity index (χ2v) is 8.04. The lowest BCUT2D eigenvalue weighted by molar-refractivity contribution is -0.118. The Morgan fingerprint density at radius 1 is 1.45 bits per heavy atom. The molecule has 2 bridgehead atoms. The summed E-state index contributed by atoms with van der Waals surface area (Å²) >= 11 is 1.43. The summed E-state index contributed by atoms with van der Waals surface area (Å²) in [6.07, 6.45) is 5.23. The van der Waals surface area contributed by atoms with Crippen LogP contribution in [0.15, 0.2) is 34.5 Å². The second kappa shape index (κ2) is 5.69. The molecule has 1 N–H and O–H groups in total. The maximum Gasteiger partial charge on any atom is 0.250 e. The van der Waals surface area contributed by atoms with Gasteiger partial charge < -0.3 is 0 Å². The lowest BCUT2D eigenvalue weighted by Crippen LogP contribution is -2.34. The molecule has 3 rings (SSSR count). The zero-order valence-corrected chi connectivity index (χ0v) is 14.2. The third kappa shape index (κ3) is 2.56. The Labute approximate surface area is 136 Å². The highest BCUT2D eigenvalue weighted by Gasteiger charge is 2.59. The molecule has 118 valence electrons. The molecule has 2 saturated carbocycles. The first kappa shape index (κ1) is 15.5. The van der Waals surface area contributed by atoms with E-state index in [-0.39, 0.29) is 11.3 Å². The van der Waals surface area contributed by atoms with Crippen LogP contribution in [0, 0.1) is 16.7 Å². The predicted molar refractivity (Wildman–Crippen MR) is 89.8 cm³/mol. The van der Waals surface area contributed by atoms with Gasteiger partial charge in [0.2, 0.25) is 5.91 Å². The highest BCUT2D eigenvalue weighted by Crippen LogP contribution is 2.63. The molecule has 0 aromatic carbocycles. The van der Waals surface area contributed by atoms with Crippen LogP contribution in [0.5, 0.6) is 0 Å². The Bertz CT molecular complexity index is 599. The third-order valence-electron chi connectivity index (χ3n) is 5.82. The van der Waals surface area contributed by atoms with E-state index in [1.165, 1.54) is 30.3 Å². The molecule has 22 heavy (non-hydrogen) atoms. The SMILES string of the molecule is CC1(C)[C@@H]2CC[C@@]1(C)/C(=N/NC(=O)CSc1ccccn1)C2.